The molecule has 2 aromatic carbocycles. The topological polar surface area (TPSA) is 22.1 Å². The number of alkyl halides is 3. The number of allylic oxidation sites excluding steroid dienone is 1. The van der Waals surface area contributed by atoms with Crippen LogP contribution in [0.1, 0.15) is 35.7 Å². The zero-order valence-electron chi connectivity index (χ0n) is 17.6. The van der Waals surface area contributed by atoms with Gasteiger partial charge in [-0.3, -0.25) is 4.98 Å². The molecule has 0 amide bonds. The van der Waals surface area contributed by atoms with Crippen molar-refractivity contribution in [2.45, 2.75) is 40.3 Å². The van der Waals surface area contributed by atoms with Crippen molar-refractivity contribution in [2.24, 2.45) is 0 Å². The van der Waals surface area contributed by atoms with E-state index in [1.165, 1.54) is 18.1 Å². The van der Waals surface area contributed by atoms with Crippen molar-refractivity contribution < 1.29 is 17.9 Å². The molecule has 0 aliphatic heterocycles. The summed E-state index contributed by atoms with van der Waals surface area (Å²) in [6.45, 7) is 11.3. The van der Waals surface area contributed by atoms with E-state index in [4.69, 9.17) is 4.74 Å². The van der Waals surface area contributed by atoms with Gasteiger partial charge < -0.3 is 4.74 Å². The number of rotatable bonds is 2. The molecular formula is C24H28F3NO. The zero-order chi connectivity index (χ0) is 22.0. The second-order valence-corrected chi connectivity index (χ2v) is 6.53. The molecule has 3 rings (SSSR count). The Morgan fingerprint density at radius 2 is 1.66 bits per heavy atom. The van der Waals surface area contributed by atoms with Gasteiger partial charge in [0, 0.05) is 11.1 Å². The van der Waals surface area contributed by atoms with Crippen LogP contribution in [0.4, 0.5) is 13.2 Å². The summed E-state index contributed by atoms with van der Waals surface area (Å²) in [6.07, 6.45) is -1.35. The third kappa shape index (κ3) is 7.98. The SMILES string of the molecule is C=CCC.COc1cc(C)cc(C(F)(F)F)c1.Cc1cc(C)c2ccccc2n1. The van der Waals surface area contributed by atoms with Gasteiger partial charge in [0.1, 0.15) is 5.75 Å². The van der Waals surface area contributed by atoms with Crippen LogP contribution in [0.2, 0.25) is 0 Å². The fourth-order valence-corrected chi connectivity index (χ4v) is 2.55. The summed E-state index contributed by atoms with van der Waals surface area (Å²) in [5.41, 5.74) is 3.34. The first-order chi connectivity index (χ1) is 13.6. The Kier molecular flexibility index (Phi) is 9.39. The van der Waals surface area contributed by atoms with Crippen molar-refractivity contribution in [3.63, 3.8) is 0 Å². The van der Waals surface area contributed by atoms with Crippen molar-refractivity contribution in [3.8, 4) is 5.75 Å². The number of aromatic nitrogens is 1. The van der Waals surface area contributed by atoms with Gasteiger partial charge in [-0.15, -0.1) is 6.58 Å². The minimum absolute atomic E-state index is 0.229. The van der Waals surface area contributed by atoms with E-state index < -0.39 is 11.7 Å². The van der Waals surface area contributed by atoms with Crippen LogP contribution in [0, 0.1) is 20.8 Å². The van der Waals surface area contributed by atoms with Gasteiger partial charge in [-0.2, -0.15) is 13.2 Å². The van der Waals surface area contributed by atoms with Gasteiger partial charge in [0.15, 0.2) is 0 Å². The minimum atomic E-state index is -4.31. The molecule has 2 nitrogen and oxygen atoms in total. The van der Waals surface area contributed by atoms with E-state index in [9.17, 15) is 13.2 Å². The molecule has 1 heterocycles. The lowest BCUT2D eigenvalue weighted by Crippen LogP contribution is -2.05. The molecule has 0 saturated heterocycles. The number of halogens is 3. The third-order valence-corrected chi connectivity index (χ3v) is 3.95. The Bertz CT molecular complexity index is 933. The van der Waals surface area contributed by atoms with E-state index in [0.717, 1.165) is 29.8 Å². The van der Waals surface area contributed by atoms with Gasteiger partial charge in [0.05, 0.1) is 18.2 Å². The Morgan fingerprint density at radius 3 is 2.21 bits per heavy atom. The first kappa shape index (κ1) is 24.2. The average Bonchev–Trinajstić information content (AvgIpc) is 2.67. The quantitative estimate of drug-likeness (QED) is 0.414. The molecule has 0 aliphatic carbocycles. The number of pyridine rings is 1. The Morgan fingerprint density at radius 1 is 1.03 bits per heavy atom. The number of hydrogen-bond acceptors (Lipinski definition) is 2. The fraction of sp³-hybridized carbons (Fsp3) is 0.292. The molecule has 0 radical (unpaired) electrons. The smallest absolute Gasteiger partial charge is 0.416 e. The summed E-state index contributed by atoms with van der Waals surface area (Å²) in [7, 11) is 1.34. The molecule has 5 heteroatoms. The van der Waals surface area contributed by atoms with Crippen molar-refractivity contribution >= 4 is 10.9 Å². The molecule has 3 aromatic rings. The highest BCUT2D eigenvalue weighted by molar-refractivity contribution is 5.81. The number of methoxy groups -OCH3 is 1. The van der Waals surface area contributed by atoms with Crippen LogP contribution in [0.5, 0.6) is 5.75 Å². The maximum atomic E-state index is 12.2. The van der Waals surface area contributed by atoms with Crippen molar-refractivity contribution in [2.75, 3.05) is 7.11 Å². The van der Waals surface area contributed by atoms with Gasteiger partial charge in [-0.25, -0.2) is 0 Å². The van der Waals surface area contributed by atoms with Crippen LogP contribution in [-0.4, -0.2) is 12.1 Å². The van der Waals surface area contributed by atoms with E-state index in [2.05, 4.69) is 43.6 Å². The van der Waals surface area contributed by atoms with E-state index in [1.807, 2.05) is 25.1 Å². The summed E-state index contributed by atoms with van der Waals surface area (Å²) >= 11 is 0. The second-order valence-electron chi connectivity index (χ2n) is 6.53. The average molecular weight is 403 g/mol. The number of nitrogens with zero attached hydrogens (tertiary/aromatic N) is 1. The molecule has 1 aromatic heterocycles. The standard InChI is InChI=1S/C11H11N.C9H9F3O.C4H8/c1-8-7-9(2)12-11-6-4-3-5-10(8)11;1-6-3-7(9(10,11)12)5-8(4-6)13-2;1-3-4-2/h3-7H,1-2H3;3-5H,1-2H3;3H,1,4H2,2H3. The molecule has 0 spiro atoms. The van der Waals surface area contributed by atoms with Gasteiger partial charge in [-0.05, 0) is 68.7 Å². The van der Waals surface area contributed by atoms with E-state index in [1.54, 1.807) is 13.0 Å². The van der Waals surface area contributed by atoms with Gasteiger partial charge in [0.2, 0.25) is 0 Å². The largest absolute Gasteiger partial charge is 0.497 e. The van der Waals surface area contributed by atoms with Gasteiger partial charge >= 0.3 is 6.18 Å². The highest BCUT2D eigenvalue weighted by atomic mass is 19.4. The molecule has 0 aliphatic rings. The minimum Gasteiger partial charge on any atom is -0.497 e. The molecular weight excluding hydrogens is 375 g/mol. The highest BCUT2D eigenvalue weighted by Gasteiger charge is 2.31. The first-order valence-electron chi connectivity index (χ1n) is 9.29. The third-order valence-electron chi connectivity index (χ3n) is 3.95. The van der Waals surface area contributed by atoms with E-state index >= 15 is 0 Å². The van der Waals surface area contributed by atoms with Crippen LogP contribution in [0.3, 0.4) is 0 Å². The highest BCUT2D eigenvalue weighted by Crippen LogP contribution is 2.32. The Hall–Kier alpha value is -2.82. The lowest BCUT2D eigenvalue weighted by Gasteiger charge is -2.09. The summed E-state index contributed by atoms with van der Waals surface area (Å²) < 4.78 is 41.4. The van der Waals surface area contributed by atoms with Crippen LogP contribution in [0.25, 0.3) is 10.9 Å². The Balaban J connectivity index is 0.000000246. The predicted octanol–water partition coefficient (Wildman–Crippen LogP) is 7.46. The van der Waals surface area contributed by atoms with Crippen molar-refractivity contribution in [3.05, 3.63) is 83.6 Å². The van der Waals surface area contributed by atoms with Crippen LogP contribution in [-0.2, 0) is 6.18 Å². The van der Waals surface area contributed by atoms with Crippen LogP contribution >= 0.6 is 0 Å². The molecule has 0 fully saturated rings. The van der Waals surface area contributed by atoms with Gasteiger partial charge in [0.25, 0.3) is 0 Å². The normalized spacial score (nSPS) is 10.3. The van der Waals surface area contributed by atoms with Crippen LogP contribution < -0.4 is 4.74 Å². The number of fused-ring (bicyclic) bond motifs is 1. The number of hydrogen-bond donors (Lipinski definition) is 0. The maximum Gasteiger partial charge on any atom is 0.416 e. The van der Waals surface area contributed by atoms with E-state index in [0.29, 0.717) is 5.56 Å². The second kappa shape index (κ2) is 11.2. The molecule has 0 bridgehead atoms. The van der Waals surface area contributed by atoms with Crippen LogP contribution in [0.15, 0.2) is 61.2 Å². The Labute approximate surface area is 171 Å². The van der Waals surface area contributed by atoms with Crippen molar-refractivity contribution in [1.82, 2.24) is 4.98 Å². The summed E-state index contributed by atoms with van der Waals surface area (Å²) in [4.78, 5) is 4.44. The fourth-order valence-electron chi connectivity index (χ4n) is 2.55. The lowest BCUT2D eigenvalue weighted by molar-refractivity contribution is -0.137. The number of benzene rings is 2. The predicted molar refractivity (Wildman–Crippen MR) is 114 cm³/mol. The molecule has 0 atom stereocenters. The van der Waals surface area contributed by atoms with Gasteiger partial charge in [-0.1, -0.05) is 31.2 Å². The number of para-hydroxylation sites is 1. The molecule has 0 N–H and O–H groups in total. The molecule has 0 saturated carbocycles. The first-order valence-corrected chi connectivity index (χ1v) is 9.29. The lowest BCUT2D eigenvalue weighted by atomic mass is 10.1. The zero-order valence-corrected chi connectivity index (χ0v) is 17.6. The maximum absolute atomic E-state index is 12.2. The van der Waals surface area contributed by atoms with Crippen molar-refractivity contribution in [1.29, 1.82) is 0 Å². The number of ether oxygens (including phenoxy) is 1. The number of aryl methyl sites for hydroxylation is 3. The molecule has 0 unspecified atom stereocenters. The summed E-state index contributed by atoms with van der Waals surface area (Å²) in [5, 5.41) is 1.25. The molecule has 29 heavy (non-hydrogen) atoms. The summed E-state index contributed by atoms with van der Waals surface area (Å²) in [5.74, 6) is 0.229. The van der Waals surface area contributed by atoms with E-state index in [-0.39, 0.29) is 5.75 Å². The molecule has 156 valence electrons. The monoisotopic (exact) mass is 403 g/mol. The summed E-state index contributed by atoms with van der Waals surface area (Å²) in [6, 6.07) is 14.0.